The number of likely N-dealkylation sites (N-methyl/N-ethyl adjacent to an activating group) is 1. The van der Waals surface area contributed by atoms with Crippen LogP contribution < -0.4 is 9.64 Å². The predicted octanol–water partition coefficient (Wildman–Crippen LogP) is 1.00. The van der Waals surface area contributed by atoms with Crippen molar-refractivity contribution in [2.24, 2.45) is 0 Å². The molecular formula is C8H7ClN2O2. The van der Waals surface area contributed by atoms with Gasteiger partial charge in [0.2, 0.25) is 0 Å². The Hall–Kier alpha value is -1.29. The van der Waals surface area contributed by atoms with Gasteiger partial charge in [0, 0.05) is 13.2 Å². The summed E-state index contributed by atoms with van der Waals surface area (Å²) in [7, 11) is 1.62. The van der Waals surface area contributed by atoms with Gasteiger partial charge in [-0.25, -0.2) is 4.98 Å². The maximum Gasteiger partial charge on any atom is 0.284 e. The van der Waals surface area contributed by atoms with E-state index in [1.807, 2.05) is 0 Å². The zero-order chi connectivity index (χ0) is 9.42. The number of aromatic nitrogens is 1. The molecule has 0 bridgehead atoms. The number of fused-ring (bicyclic) bond motifs is 1. The van der Waals surface area contributed by atoms with E-state index in [1.54, 1.807) is 25.4 Å². The monoisotopic (exact) mass is 198 g/mol. The molecule has 1 aliphatic heterocycles. The first-order valence-corrected chi connectivity index (χ1v) is 4.17. The first-order valence-electron chi connectivity index (χ1n) is 3.73. The number of nitrogens with zero attached hydrogens (tertiary/aromatic N) is 2. The lowest BCUT2D eigenvalue weighted by Crippen LogP contribution is -2.41. The lowest BCUT2D eigenvalue weighted by molar-refractivity contribution is -0.122. The van der Waals surface area contributed by atoms with Gasteiger partial charge < -0.3 is 4.74 Å². The quantitative estimate of drug-likeness (QED) is 0.584. The minimum absolute atomic E-state index is 0.298. The molecule has 0 saturated heterocycles. The number of rotatable bonds is 0. The summed E-state index contributed by atoms with van der Waals surface area (Å²) in [5, 5.41) is 0. The van der Waals surface area contributed by atoms with Gasteiger partial charge in [0.1, 0.15) is 0 Å². The molecule has 1 aliphatic rings. The largest absolute Gasteiger partial charge is 0.461 e. The number of alkyl halides is 1. The van der Waals surface area contributed by atoms with E-state index in [0.29, 0.717) is 11.6 Å². The molecule has 5 heteroatoms. The minimum atomic E-state index is -0.943. The van der Waals surface area contributed by atoms with Crippen molar-refractivity contribution in [1.29, 1.82) is 0 Å². The number of pyridine rings is 1. The molecule has 13 heavy (non-hydrogen) atoms. The van der Waals surface area contributed by atoms with Crippen LogP contribution in [0.2, 0.25) is 0 Å². The molecule has 0 spiro atoms. The highest BCUT2D eigenvalue weighted by atomic mass is 35.5. The van der Waals surface area contributed by atoms with E-state index in [9.17, 15) is 4.79 Å². The molecule has 1 amide bonds. The summed E-state index contributed by atoms with van der Waals surface area (Å²) < 4.78 is 5.13. The van der Waals surface area contributed by atoms with Crippen molar-refractivity contribution in [1.82, 2.24) is 4.98 Å². The third kappa shape index (κ3) is 1.23. The van der Waals surface area contributed by atoms with Crippen LogP contribution in [-0.2, 0) is 4.79 Å². The summed E-state index contributed by atoms with van der Waals surface area (Å²) in [4.78, 5) is 16.7. The van der Waals surface area contributed by atoms with Gasteiger partial charge in [-0.1, -0.05) is 11.6 Å². The Kier molecular flexibility index (Phi) is 1.84. The fourth-order valence-corrected chi connectivity index (χ4v) is 1.39. The lowest BCUT2D eigenvalue weighted by atomic mass is 10.3. The van der Waals surface area contributed by atoms with Crippen molar-refractivity contribution in [3.05, 3.63) is 18.3 Å². The summed E-state index contributed by atoms with van der Waals surface area (Å²) in [5.74, 6) is 0.738. The van der Waals surface area contributed by atoms with E-state index < -0.39 is 5.56 Å². The molecule has 0 fully saturated rings. The average Bonchev–Trinajstić information content (AvgIpc) is 2.15. The van der Waals surface area contributed by atoms with Gasteiger partial charge in [0.05, 0.1) is 0 Å². The normalized spacial score (nSPS) is 20.9. The minimum Gasteiger partial charge on any atom is -0.461 e. The molecule has 1 aromatic rings. The molecule has 0 saturated carbocycles. The summed E-state index contributed by atoms with van der Waals surface area (Å²) in [6.45, 7) is 0. The third-order valence-corrected chi connectivity index (χ3v) is 2.10. The Morgan fingerprint density at radius 3 is 3.23 bits per heavy atom. The SMILES string of the molecule is CN1C(=O)C(Cl)Oc2cccnc21. The van der Waals surface area contributed by atoms with E-state index >= 15 is 0 Å². The lowest BCUT2D eigenvalue weighted by Gasteiger charge is -2.27. The van der Waals surface area contributed by atoms with Gasteiger partial charge in [-0.3, -0.25) is 9.69 Å². The second-order valence-electron chi connectivity index (χ2n) is 2.66. The van der Waals surface area contributed by atoms with Crippen molar-refractivity contribution < 1.29 is 9.53 Å². The number of carbonyl (C=O) groups excluding carboxylic acids is 1. The first kappa shape index (κ1) is 8.31. The van der Waals surface area contributed by atoms with Crippen LogP contribution in [0.4, 0.5) is 5.82 Å². The Bertz CT molecular complexity index is 356. The molecule has 0 aliphatic carbocycles. The van der Waals surface area contributed by atoms with E-state index in [0.717, 1.165) is 0 Å². The summed E-state index contributed by atoms with van der Waals surface area (Å²) in [6, 6.07) is 3.45. The molecule has 0 aromatic carbocycles. The summed E-state index contributed by atoms with van der Waals surface area (Å²) in [6.07, 6.45) is 1.60. The van der Waals surface area contributed by atoms with Gasteiger partial charge in [-0.15, -0.1) is 0 Å². The van der Waals surface area contributed by atoms with Crippen molar-refractivity contribution in [2.75, 3.05) is 11.9 Å². The Labute approximate surface area is 80.1 Å². The number of amides is 1. The van der Waals surface area contributed by atoms with Crippen molar-refractivity contribution in [3.63, 3.8) is 0 Å². The number of anilines is 1. The van der Waals surface area contributed by atoms with E-state index in [1.165, 1.54) is 4.90 Å². The highest BCUT2D eigenvalue weighted by molar-refractivity contribution is 6.32. The van der Waals surface area contributed by atoms with Crippen LogP contribution in [0.3, 0.4) is 0 Å². The maximum atomic E-state index is 11.3. The van der Waals surface area contributed by atoms with Gasteiger partial charge in [0.15, 0.2) is 11.6 Å². The Balaban J connectivity index is 2.49. The van der Waals surface area contributed by atoms with Gasteiger partial charge in [-0.05, 0) is 12.1 Å². The molecule has 68 valence electrons. The number of hydrogen-bond donors (Lipinski definition) is 0. The second-order valence-corrected chi connectivity index (χ2v) is 3.05. The molecule has 2 rings (SSSR count). The maximum absolute atomic E-state index is 11.3. The standard InChI is InChI=1S/C8H7ClN2O2/c1-11-7-5(3-2-4-10-7)13-6(9)8(11)12/h2-4,6H,1H3. The van der Waals surface area contributed by atoms with Crippen LogP contribution in [-0.4, -0.2) is 23.5 Å². The Morgan fingerprint density at radius 2 is 2.46 bits per heavy atom. The van der Waals surface area contributed by atoms with Crippen LogP contribution in [0.1, 0.15) is 0 Å². The predicted molar refractivity (Wildman–Crippen MR) is 47.9 cm³/mol. The third-order valence-electron chi connectivity index (χ3n) is 1.82. The molecule has 1 aromatic heterocycles. The zero-order valence-electron chi connectivity index (χ0n) is 6.90. The van der Waals surface area contributed by atoms with Crippen LogP contribution in [0, 0.1) is 0 Å². The van der Waals surface area contributed by atoms with E-state index in [-0.39, 0.29) is 5.91 Å². The number of ether oxygens (including phenoxy) is 1. The molecule has 4 nitrogen and oxygen atoms in total. The average molecular weight is 199 g/mol. The van der Waals surface area contributed by atoms with Gasteiger partial charge >= 0.3 is 0 Å². The number of carbonyl (C=O) groups is 1. The summed E-state index contributed by atoms with van der Waals surface area (Å²) in [5.41, 5.74) is -0.943. The van der Waals surface area contributed by atoms with Crippen LogP contribution >= 0.6 is 11.6 Å². The van der Waals surface area contributed by atoms with Crippen LogP contribution in [0.25, 0.3) is 0 Å². The molecule has 0 N–H and O–H groups in total. The van der Waals surface area contributed by atoms with Crippen LogP contribution in [0.5, 0.6) is 5.75 Å². The van der Waals surface area contributed by atoms with Crippen molar-refractivity contribution in [2.45, 2.75) is 5.56 Å². The second kappa shape index (κ2) is 2.88. The molecule has 1 unspecified atom stereocenters. The number of hydrogen-bond acceptors (Lipinski definition) is 3. The smallest absolute Gasteiger partial charge is 0.284 e. The number of halogens is 1. The van der Waals surface area contributed by atoms with Gasteiger partial charge in [0.25, 0.3) is 11.5 Å². The topological polar surface area (TPSA) is 42.4 Å². The zero-order valence-corrected chi connectivity index (χ0v) is 7.65. The highest BCUT2D eigenvalue weighted by Gasteiger charge is 2.31. The van der Waals surface area contributed by atoms with E-state index in [4.69, 9.17) is 16.3 Å². The van der Waals surface area contributed by atoms with Crippen molar-refractivity contribution in [3.8, 4) is 5.75 Å². The van der Waals surface area contributed by atoms with Gasteiger partial charge in [-0.2, -0.15) is 0 Å². The fourth-order valence-electron chi connectivity index (χ4n) is 1.14. The molecule has 2 heterocycles. The highest BCUT2D eigenvalue weighted by Crippen LogP contribution is 2.30. The molecular weight excluding hydrogens is 192 g/mol. The molecule has 1 atom stereocenters. The van der Waals surface area contributed by atoms with Crippen molar-refractivity contribution >= 4 is 23.3 Å². The molecule has 0 radical (unpaired) electrons. The van der Waals surface area contributed by atoms with Crippen LogP contribution in [0.15, 0.2) is 18.3 Å². The summed E-state index contributed by atoms with van der Waals surface area (Å²) >= 11 is 5.65. The fraction of sp³-hybridized carbons (Fsp3) is 0.250. The Morgan fingerprint density at radius 1 is 1.69 bits per heavy atom. The van der Waals surface area contributed by atoms with E-state index in [2.05, 4.69) is 4.98 Å². The first-order chi connectivity index (χ1) is 6.20.